The molecular formula is C23H25FN4O4. The molecule has 168 valence electrons. The van der Waals surface area contributed by atoms with E-state index in [4.69, 9.17) is 14.0 Å². The number of nitrogens with one attached hydrogen (secondary N) is 1. The van der Waals surface area contributed by atoms with Crippen LogP contribution in [0.5, 0.6) is 11.5 Å². The van der Waals surface area contributed by atoms with Crippen LogP contribution in [0.3, 0.4) is 0 Å². The number of methoxy groups -OCH3 is 2. The van der Waals surface area contributed by atoms with Crippen LogP contribution < -0.4 is 14.8 Å². The molecule has 1 aromatic heterocycles. The first kappa shape index (κ1) is 21.8. The lowest BCUT2D eigenvalue weighted by Gasteiger charge is -2.30. The molecule has 0 bridgehead atoms. The van der Waals surface area contributed by atoms with Crippen molar-refractivity contribution >= 4 is 11.6 Å². The van der Waals surface area contributed by atoms with E-state index in [1.54, 1.807) is 44.6 Å². The van der Waals surface area contributed by atoms with Gasteiger partial charge >= 0.3 is 0 Å². The topological polar surface area (TPSA) is 89.7 Å². The van der Waals surface area contributed by atoms with Crippen LogP contribution in [0, 0.1) is 11.7 Å². The summed E-state index contributed by atoms with van der Waals surface area (Å²) in [5.74, 6) is 1.25. The van der Waals surface area contributed by atoms with Crippen molar-refractivity contribution in [2.75, 3.05) is 32.6 Å². The predicted octanol–water partition coefficient (Wildman–Crippen LogP) is 3.74. The molecule has 0 aliphatic carbocycles. The number of rotatable bonds is 7. The van der Waals surface area contributed by atoms with Gasteiger partial charge in [0, 0.05) is 12.1 Å². The van der Waals surface area contributed by atoms with Crippen LogP contribution in [0.1, 0.15) is 18.7 Å². The van der Waals surface area contributed by atoms with Gasteiger partial charge in [-0.3, -0.25) is 9.69 Å². The molecule has 1 N–H and O–H groups in total. The molecule has 1 fully saturated rings. The number of carbonyl (C=O) groups excluding carboxylic acids is 1. The van der Waals surface area contributed by atoms with E-state index in [9.17, 15) is 9.18 Å². The largest absolute Gasteiger partial charge is 0.493 e. The van der Waals surface area contributed by atoms with Gasteiger partial charge in [0.15, 0.2) is 11.5 Å². The second kappa shape index (κ2) is 9.78. The minimum absolute atomic E-state index is 0.184. The Balaban J connectivity index is 1.39. The number of aromatic nitrogens is 2. The fourth-order valence-corrected chi connectivity index (χ4v) is 3.81. The van der Waals surface area contributed by atoms with E-state index >= 15 is 0 Å². The summed E-state index contributed by atoms with van der Waals surface area (Å²) in [5.41, 5.74) is 0.949. The average Bonchev–Trinajstić information content (AvgIpc) is 3.28. The molecule has 2 heterocycles. The van der Waals surface area contributed by atoms with Gasteiger partial charge in [0.1, 0.15) is 5.82 Å². The number of anilines is 1. The van der Waals surface area contributed by atoms with Gasteiger partial charge in [0.2, 0.25) is 17.6 Å². The number of hydrogen-bond donors (Lipinski definition) is 1. The highest BCUT2D eigenvalue weighted by atomic mass is 19.1. The quantitative estimate of drug-likeness (QED) is 0.599. The Labute approximate surface area is 185 Å². The monoisotopic (exact) mass is 440 g/mol. The van der Waals surface area contributed by atoms with Crippen LogP contribution in [-0.4, -0.2) is 48.3 Å². The SMILES string of the molecule is COc1ccc(-c2noc(CN3CCC[C@H](C(=O)Nc4ccccc4F)C3)n2)cc1OC. The van der Waals surface area contributed by atoms with Crippen molar-refractivity contribution in [1.29, 1.82) is 0 Å². The van der Waals surface area contributed by atoms with Gasteiger partial charge in [-0.2, -0.15) is 4.98 Å². The number of amides is 1. The molecule has 0 radical (unpaired) electrons. The number of likely N-dealkylation sites (tertiary alicyclic amines) is 1. The summed E-state index contributed by atoms with van der Waals surface area (Å²) in [7, 11) is 3.14. The zero-order valence-corrected chi connectivity index (χ0v) is 18.0. The van der Waals surface area contributed by atoms with Crippen LogP contribution in [0.4, 0.5) is 10.1 Å². The van der Waals surface area contributed by atoms with Gasteiger partial charge in [-0.1, -0.05) is 17.3 Å². The first-order valence-electron chi connectivity index (χ1n) is 10.4. The predicted molar refractivity (Wildman–Crippen MR) is 116 cm³/mol. The summed E-state index contributed by atoms with van der Waals surface area (Å²) in [6.07, 6.45) is 1.60. The summed E-state index contributed by atoms with van der Waals surface area (Å²) in [6.45, 7) is 1.79. The number of benzene rings is 2. The van der Waals surface area contributed by atoms with E-state index < -0.39 is 5.82 Å². The lowest BCUT2D eigenvalue weighted by atomic mass is 9.97. The van der Waals surface area contributed by atoms with Crippen molar-refractivity contribution in [2.24, 2.45) is 5.92 Å². The Morgan fingerprint density at radius 1 is 1.22 bits per heavy atom. The molecule has 2 aromatic carbocycles. The minimum atomic E-state index is -0.443. The fourth-order valence-electron chi connectivity index (χ4n) is 3.81. The van der Waals surface area contributed by atoms with Crippen molar-refractivity contribution in [3.05, 3.63) is 54.2 Å². The minimum Gasteiger partial charge on any atom is -0.493 e. The van der Waals surface area contributed by atoms with Crippen LogP contribution >= 0.6 is 0 Å². The zero-order chi connectivity index (χ0) is 22.5. The second-order valence-corrected chi connectivity index (χ2v) is 7.62. The summed E-state index contributed by atoms with van der Waals surface area (Å²) in [5, 5.41) is 6.77. The highest BCUT2D eigenvalue weighted by molar-refractivity contribution is 5.92. The molecule has 3 aromatic rings. The van der Waals surface area contributed by atoms with Gasteiger partial charge in [0.05, 0.1) is 32.4 Å². The highest BCUT2D eigenvalue weighted by Crippen LogP contribution is 2.31. The summed E-state index contributed by atoms with van der Waals surface area (Å²) in [4.78, 5) is 19.2. The van der Waals surface area contributed by atoms with Crippen LogP contribution in [0.2, 0.25) is 0 Å². The highest BCUT2D eigenvalue weighted by Gasteiger charge is 2.27. The van der Waals surface area contributed by atoms with Crippen LogP contribution in [-0.2, 0) is 11.3 Å². The van der Waals surface area contributed by atoms with Crippen LogP contribution in [0.25, 0.3) is 11.4 Å². The first-order chi connectivity index (χ1) is 15.6. The summed E-state index contributed by atoms with van der Waals surface area (Å²) in [6, 6.07) is 11.6. The number of nitrogens with zero attached hydrogens (tertiary/aromatic N) is 3. The lowest BCUT2D eigenvalue weighted by Crippen LogP contribution is -2.40. The van der Waals surface area contributed by atoms with Crippen LogP contribution in [0.15, 0.2) is 47.0 Å². The maximum absolute atomic E-state index is 13.8. The molecule has 0 spiro atoms. The van der Waals surface area contributed by atoms with Crippen molar-refractivity contribution in [2.45, 2.75) is 19.4 Å². The van der Waals surface area contributed by atoms with E-state index in [1.807, 2.05) is 6.07 Å². The van der Waals surface area contributed by atoms with E-state index in [0.29, 0.717) is 36.3 Å². The Bertz CT molecular complexity index is 1090. The molecule has 9 heteroatoms. The van der Waals surface area contributed by atoms with Gasteiger partial charge in [0.25, 0.3) is 0 Å². The van der Waals surface area contributed by atoms with Crippen molar-refractivity contribution in [3.8, 4) is 22.9 Å². The molecule has 8 nitrogen and oxygen atoms in total. The van der Waals surface area contributed by atoms with Gasteiger partial charge < -0.3 is 19.3 Å². The number of halogens is 1. The number of carbonyl (C=O) groups is 1. The Morgan fingerprint density at radius 2 is 2.03 bits per heavy atom. The molecule has 4 rings (SSSR count). The third-order valence-corrected chi connectivity index (χ3v) is 5.48. The van der Waals surface area contributed by atoms with Gasteiger partial charge in [-0.05, 0) is 49.7 Å². The molecule has 0 saturated carbocycles. The van der Waals surface area contributed by atoms with Gasteiger partial charge in [-0.25, -0.2) is 4.39 Å². The number of hydrogen-bond acceptors (Lipinski definition) is 7. The first-order valence-corrected chi connectivity index (χ1v) is 10.4. The maximum Gasteiger partial charge on any atom is 0.241 e. The molecular weight excluding hydrogens is 415 g/mol. The molecule has 1 aliphatic rings. The zero-order valence-electron chi connectivity index (χ0n) is 18.0. The van der Waals surface area contributed by atoms with E-state index in [-0.39, 0.29) is 17.5 Å². The van der Waals surface area contributed by atoms with Crippen molar-refractivity contribution < 1.29 is 23.2 Å². The summed E-state index contributed by atoms with van der Waals surface area (Å²) >= 11 is 0. The third kappa shape index (κ3) is 4.88. The average molecular weight is 440 g/mol. The van der Waals surface area contributed by atoms with E-state index in [0.717, 1.165) is 24.9 Å². The Morgan fingerprint density at radius 3 is 2.81 bits per heavy atom. The van der Waals surface area contributed by atoms with Crippen molar-refractivity contribution in [1.82, 2.24) is 15.0 Å². The molecule has 1 aliphatic heterocycles. The molecule has 0 unspecified atom stereocenters. The third-order valence-electron chi connectivity index (χ3n) is 5.48. The Kier molecular flexibility index (Phi) is 6.65. The van der Waals surface area contributed by atoms with E-state index in [2.05, 4.69) is 20.4 Å². The van der Waals surface area contributed by atoms with Crippen molar-refractivity contribution in [3.63, 3.8) is 0 Å². The maximum atomic E-state index is 13.8. The molecule has 1 amide bonds. The fraction of sp³-hybridized carbons (Fsp3) is 0.348. The number of para-hydroxylation sites is 1. The number of ether oxygens (including phenoxy) is 2. The molecule has 32 heavy (non-hydrogen) atoms. The number of piperidine rings is 1. The second-order valence-electron chi connectivity index (χ2n) is 7.62. The molecule has 1 saturated heterocycles. The lowest BCUT2D eigenvalue weighted by molar-refractivity contribution is -0.121. The molecule has 1 atom stereocenters. The normalized spacial score (nSPS) is 16.5. The smallest absolute Gasteiger partial charge is 0.241 e. The standard InChI is InChI=1S/C23H25FN4O4/c1-30-19-10-9-15(12-20(19)31-2)22-26-21(32-27-22)14-28-11-5-6-16(13-28)23(29)25-18-8-4-3-7-17(18)24/h3-4,7-10,12,16H,5-6,11,13-14H2,1-2H3,(H,25,29)/t16-/m0/s1. The summed E-state index contributed by atoms with van der Waals surface area (Å²) < 4.78 is 29.9. The van der Waals surface area contributed by atoms with E-state index in [1.165, 1.54) is 6.07 Å². The van der Waals surface area contributed by atoms with Gasteiger partial charge in [-0.15, -0.1) is 0 Å². The Hall–Kier alpha value is -3.46.